The molecule has 0 unspecified atom stereocenters. The molecule has 0 aliphatic rings. The van der Waals surface area contributed by atoms with Crippen molar-refractivity contribution < 1.29 is 0 Å². The third-order valence-corrected chi connectivity index (χ3v) is 13.0. The third kappa shape index (κ3) is 6.26. The molecule has 0 atom stereocenters. The number of thiophene rings is 1. The summed E-state index contributed by atoms with van der Waals surface area (Å²) in [5.74, 6) is 1.91. The largest absolute Gasteiger partial charge is 0.309 e. The van der Waals surface area contributed by atoms with Crippen molar-refractivity contribution in [3.63, 3.8) is 0 Å². The minimum atomic E-state index is 0.626. The quantitative estimate of drug-likeness (QED) is 0.161. The summed E-state index contributed by atoms with van der Waals surface area (Å²) in [4.78, 5) is 15.1. The van der Waals surface area contributed by atoms with Crippen molar-refractivity contribution in [3.8, 4) is 73.2 Å². The molecule has 0 saturated heterocycles. The number of rotatable bonds is 7. The lowest BCUT2D eigenvalue weighted by Gasteiger charge is -2.15. The molecule has 62 heavy (non-hydrogen) atoms. The number of fused-ring (bicyclic) bond motifs is 7. The maximum atomic E-state index is 5.08. The predicted molar refractivity (Wildman–Crippen MR) is 260 cm³/mol. The second kappa shape index (κ2) is 14.9. The highest BCUT2D eigenvalue weighted by molar-refractivity contribution is 7.26. The molecule has 9 aromatic carbocycles. The zero-order valence-electron chi connectivity index (χ0n) is 33.5. The fourth-order valence-electron chi connectivity index (χ4n) is 8.87. The van der Waals surface area contributed by atoms with Gasteiger partial charge in [-0.2, -0.15) is 0 Å². The van der Waals surface area contributed by atoms with Crippen LogP contribution in [0.1, 0.15) is 0 Å². The van der Waals surface area contributed by atoms with Gasteiger partial charge in [-0.25, -0.2) is 15.0 Å². The van der Waals surface area contributed by atoms with Gasteiger partial charge in [-0.1, -0.05) is 170 Å². The van der Waals surface area contributed by atoms with E-state index in [1.54, 1.807) is 0 Å². The first-order valence-corrected chi connectivity index (χ1v) is 21.7. The lowest BCUT2D eigenvalue weighted by molar-refractivity contribution is 1.07. The van der Waals surface area contributed by atoms with Crippen LogP contribution >= 0.6 is 11.3 Å². The van der Waals surface area contributed by atoms with E-state index >= 15 is 0 Å². The monoisotopic (exact) mass is 808 g/mol. The summed E-state index contributed by atoms with van der Waals surface area (Å²) >= 11 is 1.88. The number of hydrogen-bond acceptors (Lipinski definition) is 4. The molecule has 3 aromatic heterocycles. The normalized spacial score (nSPS) is 11.5. The molecular formula is C57H36N4S. The highest BCUT2D eigenvalue weighted by atomic mass is 32.1. The van der Waals surface area contributed by atoms with Crippen LogP contribution in [0, 0.1) is 0 Å². The van der Waals surface area contributed by atoms with E-state index in [1.807, 2.05) is 72.0 Å². The van der Waals surface area contributed by atoms with Crippen LogP contribution in [-0.2, 0) is 0 Å². The summed E-state index contributed by atoms with van der Waals surface area (Å²) in [6, 6.07) is 77.6. The van der Waals surface area contributed by atoms with Gasteiger partial charge in [0.1, 0.15) is 0 Å². The molecule has 5 heteroatoms. The minimum Gasteiger partial charge on any atom is -0.309 e. The standard InChI is InChI=1S/C57H36N4S/c1-4-16-37(17-5-1)40-22-14-23-41(32-40)44-34-45(42-24-15-25-43(33-42)57-59-55(38-18-6-2-7-19-38)58-56(60-57)39-20-8-3-9-21-39)36-46(35-44)61-50-28-12-10-27-49(50)53-51(61)31-30-48-47-26-11-13-29-52(47)62-54(48)53/h1-36H. The summed E-state index contributed by atoms with van der Waals surface area (Å²) in [6.07, 6.45) is 0. The predicted octanol–water partition coefficient (Wildman–Crippen LogP) is 15.3. The molecular weight excluding hydrogens is 773 g/mol. The Kier molecular flexibility index (Phi) is 8.65. The maximum absolute atomic E-state index is 5.08. The highest BCUT2D eigenvalue weighted by Gasteiger charge is 2.19. The van der Waals surface area contributed by atoms with E-state index in [-0.39, 0.29) is 0 Å². The molecule has 0 amide bonds. The van der Waals surface area contributed by atoms with Gasteiger partial charge < -0.3 is 4.57 Å². The topological polar surface area (TPSA) is 43.6 Å². The number of aromatic nitrogens is 4. The van der Waals surface area contributed by atoms with Gasteiger partial charge in [0, 0.05) is 53.3 Å². The third-order valence-electron chi connectivity index (χ3n) is 11.8. The van der Waals surface area contributed by atoms with E-state index in [0.717, 1.165) is 44.6 Å². The Balaban J connectivity index is 1.08. The molecule has 0 spiro atoms. The van der Waals surface area contributed by atoms with Gasteiger partial charge in [0.2, 0.25) is 0 Å². The summed E-state index contributed by atoms with van der Waals surface area (Å²) in [5, 5.41) is 5.14. The highest BCUT2D eigenvalue weighted by Crippen LogP contribution is 2.44. The number of para-hydroxylation sites is 1. The van der Waals surface area contributed by atoms with Crippen LogP contribution in [0.25, 0.3) is 115 Å². The lowest BCUT2D eigenvalue weighted by Crippen LogP contribution is -2.00. The van der Waals surface area contributed by atoms with Crippen LogP contribution in [-0.4, -0.2) is 19.5 Å². The Hall–Kier alpha value is -7.99. The zero-order chi connectivity index (χ0) is 41.0. The van der Waals surface area contributed by atoms with Crippen molar-refractivity contribution in [2.75, 3.05) is 0 Å². The molecule has 0 aliphatic heterocycles. The van der Waals surface area contributed by atoms with E-state index in [9.17, 15) is 0 Å². The second-order valence-electron chi connectivity index (χ2n) is 15.6. The first-order valence-electron chi connectivity index (χ1n) is 20.8. The Labute approximate surface area is 362 Å². The van der Waals surface area contributed by atoms with Crippen molar-refractivity contribution in [3.05, 3.63) is 218 Å². The summed E-state index contributed by atoms with van der Waals surface area (Å²) in [5.41, 5.74) is 13.1. The molecule has 0 saturated carbocycles. The first kappa shape index (κ1) is 35.9. The van der Waals surface area contributed by atoms with Crippen molar-refractivity contribution in [1.82, 2.24) is 19.5 Å². The van der Waals surface area contributed by atoms with Gasteiger partial charge in [-0.3, -0.25) is 0 Å². The Morgan fingerprint density at radius 2 is 0.774 bits per heavy atom. The number of nitrogens with zero attached hydrogens (tertiary/aromatic N) is 4. The maximum Gasteiger partial charge on any atom is 0.164 e. The lowest BCUT2D eigenvalue weighted by atomic mass is 9.94. The molecule has 0 aliphatic carbocycles. The van der Waals surface area contributed by atoms with Crippen LogP contribution in [0.4, 0.5) is 0 Å². The molecule has 0 bridgehead atoms. The molecule has 3 heterocycles. The van der Waals surface area contributed by atoms with Gasteiger partial charge in [0.15, 0.2) is 17.5 Å². The molecule has 0 radical (unpaired) electrons. The summed E-state index contributed by atoms with van der Waals surface area (Å²) in [7, 11) is 0. The molecule has 0 N–H and O–H groups in total. The molecule has 4 nitrogen and oxygen atoms in total. The second-order valence-corrected chi connectivity index (χ2v) is 16.7. The van der Waals surface area contributed by atoms with E-state index in [1.165, 1.54) is 53.1 Å². The molecule has 290 valence electrons. The van der Waals surface area contributed by atoms with Crippen LogP contribution < -0.4 is 0 Å². The average Bonchev–Trinajstić information content (AvgIpc) is 3.91. The van der Waals surface area contributed by atoms with Crippen molar-refractivity contribution in [2.45, 2.75) is 0 Å². The smallest absolute Gasteiger partial charge is 0.164 e. The average molecular weight is 809 g/mol. The minimum absolute atomic E-state index is 0.626. The molecule has 12 aromatic rings. The van der Waals surface area contributed by atoms with E-state index in [0.29, 0.717) is 17.5 Å². The van der Waals surface area contributed by atoms with Gasteiger partial charge in [0.05, 0.1) is 11.0 Å². The van der Waals surface area contributed by atoms with Crippen molar-refractivity contribution in [2.24, 2.45) is 0 Å². The van der Waals surface area contributed by atoms with Gasteiger partial charge in [-0.05, 0) is 81.9 Å². The summed E-state index contributed by atoms with van der Waals surface area (Å²) < 4.78 is 5.08. The number of hydrogen-bond donors (Lipinski definition) is 0. The fourth-order valence-corrected chi connectivity index (χ4v) is 10.1. The zero-order valence-corrected chi connectivity index (χ0v) is 34.3. The van der Waals surface area contributed by atoms with Gasteiger partial charge in [-0.15, -0.1) is 11.3 Å². The van der Waals surface area contributed by atoms with Crippen LogP contribution in [0.15, 0.2) is 218 Å². The van der Waals surface area contributed by atoms with E-state index in [4.69, 9.17) is 15.0 Å². The van der Waals surface area contributed by atoms with Gasteiger partial charge in [0.25, 0.3) is 0 Å². The summed E-state index contributed by atoms with van der Waals surface area (Å²) in [6.45, 7) is 0. The van der Waals surface area contributed by atoms with Crippen molar-refractivity contribution in [1.29, 1.82) is 0 Å². The first-order chi connectivity index (χ1) is 30.7. The van der Waals surface area contributed by atoms with Crippen LogP contribution in [0.3, 0.4) is 0 Å². The fraction of sp³-hybridized carbons (Fsp3) is 0. The Bertz CT molecular complexity index is 3570. The van der Waals surface area contributed by atoms with Gasteiger partial charge >= 0.3 is 0 Å². The van der Waals surface area contributed by atoms with E-state index < -0.39 is 0 Å². The number of benzene rings is 9. The molecule has 0 fully saturated rings. The SMILES string of the molecule is c1ccc(-c2cccc(-c3cc(-c4cccc(-c5nc(-c6ccccc6)nc(-c6ccccc6)n5)c4)cc(-n4c5ccccc5c5c6sc7ccccc7c6ccc54)c3)c2)cc1. The Morgan fingerprint density at radius 1 is 0.306 bits per heavy atom. The van der Waals surface area contributed by atoms with E-state index in [2.05, 4.69) is 162 Å². The Morgan fingerprint density at radius 3 is 1.42 bits per heavy atom. The van der Waals surface area contributed by atoms with Crippen molar-refractivity contribution >= 4 is 53.3 Å². The molecule has 12 rings (SSSR count). The van der Waals surface area contributed by atoms with Crippen LogP contribution in [0.2, 0.25) is 0 Å². The van der Waals surface area contributed by atoms with Crippen LogP contribution in [0.5, 0.6) is 0 Å².